The third-order valence-corrected chi connectivity index (χ3v) is 4.22. The van der Waals surface area contributed by atoms with Crippen molar-refractivity contribution in [1.29, 1.82) is 0 Å². The molecular weight excluding hydrogens is 234 g/mol. The van der Waals surface area contributed by atoms with E-state index < -0.39 is 0 Å². The molecular formula is C17H23NO. The number of nitrogens with zero attached hydrogens (tertiary/aromatic N) is 1. The Hall–Kier alpha value is -1.30. The molecule has 19 heavy (non-hydrogen) atoms. The predicted octanol–water partition coefficient (Wildman–Crippen LogP) is 3.54. The van der Waals surface area contributed by atoms with E-state index in [-0.39, 0.29) is 4.65 Å². The van der Waals surface area contributed by atoms with Gasteiger partial charge in [-0.15, -0.1) is 12.3 Å². The van der Waals surface area contributed by atoms with Gasteiger partial charge in [0, 0.05) is 12.3 Å². The van der Waals surface area contributed by atoms with Crippen molar-refractivity contribution < 1.29 is 4.65 Å². The van der Waals surface area contributed by atoms with Gasteiger partial charge in [0.15, 0.2) is 0 Å². The van der Waals surface area contributed by atoms with Gasteiger partial charge in [0.1, 0.15) is 0 Å². The van der Waals surface area contributed by atoms with Crippen molar-refractivity contribution in [1.82, 2.24) is 0 Å². The lowest BCUT2D eigenvalue weighted by Crippen LogP contribution is -2.47. The minimum absolute atomic E-state index is 0.0932. The predicted molar refractivity (Wildman–Crippen MR) is 79.3 cm³/mol. The highest BCUT2D eigenvalue weighted by molar-refractivity contribution is 5.20. The number of likely N-dealkylation sites (tertiary alicyclic amines) is 1. The van der Waals surface area contributed by atoms with Crippen molar-refractivity contribution in [2.75, 3.05) is 20.1 Å². The first-order valence-electron chi connectivity index (χ1n) is 7.16. The van der Waals surface area contributed by atoms with E-state index >= 15 is 0 Å². The van der Waals surface area contributed by atoms with Crippen molar-refractivity contribution in [3.8, 4) is 12.3 Å². The zero-order chi connectivity index (χ0) is 13.7. The van der Waals surface area contributed by atoms with Crippen LogP contribution in [0.1, 0.15) is 37.2 Å². The average molecular weight is 257 g/mol. The fourth-order valence-electron chi connectivity index (χ4n) is 3.31. The van der Waals surface area contributed by atoms with Gasteiger partial charge in [-0.25, -0.2) is 0 Å². The normalized spacial score (nSPS) is 28.6. The molecule has 0 spiro atoms. The van der Waals surface area contributed by atoms with Crippen LogP contribution in [0.3, 0.4) is 0 Å². The average Bonchev–Trinajstić information content (AvgIpc) is 2.39. The Labute approximate surface area is 116 Å². The minimum Gasteiger partial charge on any atom is -0.633 e. The Balaban J connectivity index is 2.16. The zero-order valence-electron chi connectivity index (χ0n) is 11.7. The number of hydroxylamine groups is 3. The number of benzene rings is 1. The van der Waals surface area contributed by atoms with Gasteiger partial charge in [-0.3, -0.25) is 0 Å². The van der Waals surface area contributed by atoms with Crippen LogP contribution in [-0.4, -0.2) is 24.8 Å². The number of hydrogen-bond donors (Lipinski definition) is 0. The van der Waals surface area contributed by atoms with Gasteiger partial charge in [0.2, 0.25) is 0 Å². The summed E-state index contributed by atoms with van der Waals surface area (Å²) < 4.78 is -0.0932. The van der Waals surface area contributed by atoms with E-state index in [9.17, 15) is 5.21 Å². The first-order chi connectivity index (χ1) is 9.12. The standard InChI is InChI=1S/C17H23NO/c1-3-4-12-17(15-9-6-5-7-10-15)16-11-8-13-18(2,19)14-16/h1,5-7,9-10,16-17H,4,8,11-14H2,2H3. The molecule has 1 aliphatic rings. The fourth-order valence-corrected chi connectivity index (χ4v) is 3.31. The SMILES string of the molecule is C#CCCC(c1ccccc1)C1CCC[N+](C)([O-])C1. The van der Waals surface area contributed by atoms with Crippen LogP contribution in [0.2, 0.25) is 0 Å². The second kappa shape index (κ2) is 6.23. The molecule has 0 saturated carbocycles. The quantitative estimate of drug-likeness (QED) is 0.459. The molecule has 1 saturated heterocycles. The van der Waals surface area contributed by atoms with E-state index in [1.807, 2.05) is 6.07 Å². The number of hydrogen-bond acceptors (Lipinski definition) is 1. The molecule has 3 unspecified atom stereocenters. The van der Waals surface area contributed by atoms with Gasteiger partial charge in [0.05, 0.1) is 20.1 Å². The Morgan fingerprint density at radius 3 is 2.79 bits per heavy atom. The molecule has 1 heterocycles. The van der Waals surface area contributed by atoms with Gasteiger partial charge >= 0.3 is 0 Å². The largest absolute Gasteiger partial charge is 0.633 e. The highest BCUT2D eigenvalue weighted by atomic mass is 16.5. The molecule has 1 aliphatic heterocycles. The fraction of sp³-hybridized carbons (Fsp3) is 0.529. The summed E-state index contributed by atoms with van der Waals surface area (Å²) in [5.41, 5.74) is 1.34. The van der Waals surface area contributed by atoms with E-state index in [0.29, 0.717) is 11.8 Å². The third-order valence-electron chi connectivity index (χ3n) is 4.22. The summed E-state index contributed by atoms with van der Waals surface area (Å²) in [5, 5.41) is 12.2. The lowest BCUT2D eigenvalue weighted by molar-refractivity contribution is -0.870. The Kier molecular flexibility index (Phi) is 4.63. The Morgan fingerprint density at radius 2 is 2.16 bits per heavy atom. The summed E-state index contributed by atoms with van der Waals surface area (Å²) >= 11 is 0. The molecule has 1 fully saturated rings. The molecule has 1 aromatic carbocycles. The molecule has 0 amide bonds. The minimum atomic E-state index is -0.0932. The molecule has 1 aromatic rings. The van der Waals surface area contributed by atoms with Crippen LogP contribution < -0.4 is 0 Å². The van der Waals surface area contributed by atoms with Crippen LogP contribution in [0.4, 0.5) is 0 Å². The van der Waals surface area contributed by atoms with Crippen LogP contribution in [0, 0.1) is 23.5 Å². The number of terminal acetylenes is 1. The van der Waals surface area contributed by atoms with Crippen LogP contribution in [0.25, 0.3) is 0 Å². The topological polar surface area (TPSA) is 23.1 Å². The smallest absolute Gasteiger partial charge is 0.0816 e. The second-order valence-corrected chi connectivity index (χ2v) is 5.87. The number of rotatable bonds is 4. The van der Waals surface area contributed by atoms with Crippen molar-refractivity contribution in [3.63, 3.8) is 0 Å². The molecule has 3 atom stereocenters. The van der Waals surface area contributed by atoms with E-state index in [2.05, 4.69) is 30.2 Å². The van der Waals surface area contributed by atoms with Crippen molar-refractivity contribution in [2.45, 2.75) is 31.6 Å². The first-order valence-corrected chi connectivity index (χ1v) is 7.16. The molecule has 0 aromatic heterocycles. The molecule has 102 valence electrons. The van der Waals surface area contributed by atoms with E-state index in [1.54, 1.807) is 7.05 Å². The van der Waals surface area contributed by atoms with Crippen LogP contribution in [0.15, 0.2) is 30.3 Å². The highest BCUT2D eigenvalue weighted by Gasteiger charge is 2.31. The lowest BCUT2D eigenvalue weighted by atomic mass is 9.78. The molecule has 0 N–H and O–H groups in total. The summed E-state index contributed by atoms with van der Waals surface area (Å²) in [6.07, 6.45) is 9.39. The third kappa shape index (κ3) is 3.83. The molecule has 2 nitrogen and oxygen atoms in total. The molecule has 2 rings (SSSR count). The summed E-state index contributed by atoms with van der Waals surface area (Å²) in [5.74, 6) is 3.64. The van der Waals surface area contributed by atoms with Crippen LogP contribution >= 0.6 is 0 Å². The second-order valence-electron chi connectivity index (χ2n) is 5.87. The summed E-state index contributed by atoms with van der Waals surface area (Å²) in [6, 6.07) is 10.5. The van der Waals surface area contributed by atoms with Gasteiger partial charge in [-0.05, 0) is 30.7 Å². The molecule has 2 heteroatoms. The van der Waals surface area contributed by atoms with Gasteiger partial charge in [-0.1, -0.05) is 30.3 Å². The highest BCUT2D eigenvalue weighted by Crippen LogP contribution is 2.36. The van der Waals surface area contributed by atoms with Gasteiger partial charge < -0.3 is 9.85 Å². The van der Waals surface area contributed by atoms with Crippen molar-refractivity contribution in [2.24, 2.45) is 5.92 Å². The Bertz CT molecular complexity index is 432. The maximum atomic E-state index is 12.2. The maximum Gasteiger partial charge on any atom is 0.0816 e. The summed E-state index contributed by atoms with van der Waals surface area (Å²) in [4.78, 5) is 0. The van der Waals surface area contributed by atoms with Gasteiger partial charge in [0.25, 0.3) is 0 Å². The lowest BCUT2D eigenvalue weighted by Gasteiger charge is -2.46. The van der Waals surface area contributed by atoms with Gasteiger partial charge in [-0.2, -0.15) is 0 Å². The zero-order valence-corrected chi connectivity index (χ0v) is 11.7. The monoisotopic (exact) mass is 257 g/mol. The van der Waals surface area contributed by atoms with E-state index in [1.165, 1.54) is 5.56 Å². The summed E-state index contributed by atoms with van der Waals surface area (Å²) in [7, 11) is 1.80. The molecule has 0 radical (unpaired) electrons. The maximum absolute atomic E-state index is 12.2. The number of piperidine rings is 1. The van der Waals surface area contributed by atoms with E-state index in [0.717, 1.165) is 38.8 Å². The molecule has 0 aliphatic carbocycles. The summed E-state index contributed by atoms with van der Waals surface area (Å²) in [6.45, 7) is 1.48. The Morgan fingerprint density at radius 1 is 1.42 bits per heavy atom. The van der Waals surface area contributed by atoms with E-state index in [4.69, 9.17) is 6.42 Å². The van der Waals surface area contributed by atoms with Crippen LogP contribution in [0.5, 0.6) is 0 Å². The number of quaternary nitrogens is 1. The van der Waals surface area contributed by atoms with Crippen molar-refractivity contribution >= 4 is 0 Å². The van der Waals surface area contributed by atoms with Crippen molar-refractivity contribution in [3.05, 3.63) is 41.1 Å². The molecule has 0 bridgehead atoms. The first kappa shape index (κ1) is 14.1. The van der Waals surface area contributed by atoms with Crippen LogP contribution in [-0.2, 0) is 0 Å².